The number of likely N-dealkylation sites (tertiary alicyclic amines) is 1. The lowest BCUT2D eigenvalue weighted by atomic mass is 10.1. The van der Waals surface area contributed by atoms with Crippen LogP contribution in [-0.4, -0.2) is 35.0 Å². The van der Waals surface area contributed by atoms with Crippen LogP contribution >= 0.6 is 0 Å². The SMILES string of the molecule is Cc1ccc2c(C)c(C(=O)N3CCC(Oc4ccncc4)CC3)oc2c1. The van der Waals surface area contributed by atoms with Crippen LogP contribution in [0.3, 0.4) is 0 Å². The minimum Gasteiger partial charge on any atom is -0.490 e. The Morgan fingerprint density at radius 3 is 2.62 bits per heavy atom. The first kappa shape index (κ1) is 16.6. The summed E-state index contributed by atoms with van der Waals surface area (Å²) in [6.07, 6.45) is 5.19. The monoisotopic (exact) mass is 350 g/mol. The minimum absolute atomic E-state index is 0.0290. The highest BCUT2D eigenvalue weighted by Crippen LogP contribution is 2.28. The Hall–Kier alpha value is -2.82. The number of nitrogens with zero attached hydrogens (tertiary/aromatic N) is 2. The van der Waals surface area contributed by atoms with E-state index in [4.69, 9.17) is 9.15 Å². The van der Waals surface area contributed by atoms with Crippen LogP contribution in [0.25, 0.3) is 11.0 Å². The van der Waals surface area contributed by atoms with Crippen molar-refractivity contribution >= 4 is 16.9 Å². The van der Waals surface area contributed by atoms with Gasteiger partial charge in [-0.1, -0.05) is 12.1 Å². The molecule has 0 atom stereocenters. The summed E-state index contributed by atoms with van der Waals surface area (Å²) in [5, 5.41) is 1.01. The average molecular weight is 350 g/mol. The Morgan fingerprint density at radius 2 is 1.88 bits per heavy atom. The van der Waals surface area contributed by atoms with Crippen LogP contribution < -0.4 is 4.74 Å². The topological polar surface area (TPSA) is 55.6 Å². The van der Waals surface area contributed by atoms with Crippen LogP contribution in [0.1, 0.15) is 34.5 Å². The number of aryl methyl sites for hydroxylation is 2. The van der Waals surface area contributed by atoms with Crippen molar-refractivity contribution in [3.05, 3.63) is 59.6 Å². The number of carbonyl (C=O) groups excluding carboxylic acids is 1. The molecule has 134 valence electrons. The number of rotatable bonds is 3. The van der Waals surface area contributed by atoms with Gasteiger partial charge in [-0.2, -0.15) is 0 Å². The third-order valence-electron chi connectivity index (χ3n) is 4.97. The molecule has 26 heavy (non-hydrogen) atoms. The van der Waals surface area contributed by atoms with Gasteiger partial charge >= 0.3 is 0 Å². The van der Waals surface area contributed by atoms with Gasteiger partial charge in [0.1, 0.15) is 17.4 Å². The molecular weight excluding hydrogens is 328 g/mol. The van der Waals surface area contributed by atoms with E-state index in [-0.39, 0.29) is 12.0 Å². The van der Waals surface area contributed by atoms with Gasteiger partial charge in [-0.05, 0) is 37.6 Å². The highest BCUT2D eigenvalue weighted by Gasteiger charge is 2.28. The molecule has 3 aromatic rings. The van der Waals surface area contributed by atoms with E-state index in [9.17, 15) is 4.79 Å². The summed E-state index contributed by atoms with van der Waals surface area (Å²) in [4.78, 5) is 18.8. The maximum Gasteiger partial charge on any atom is 0.289 e. The number of hydrogen-bond acceptors (Lipinski definition) is 4. The number of aromatic nitrogens is 1. The lowest BCUT2D eigenvalue weighted by molar-refractivity contribution is 0.0568. The fourth-order valence-electron chi connectivity index (χ4n) is 3.47. The van der Waals surface area contributed by atoms with Crippen molar-refractivity contribution in [1.29, 1.82) is 0 Å². The van der Waals surface area contributed by atoms with E-state index in [0.29, 0.717) is 18.8 Å². The van der Waals surface area contributed by atoms with Gasteiger partial charge < -0.3 is 14.1 Å². The zero-order valence-electron chi connectivity index (χ0n) is 15.1. The molecule has 0 saturated carbocycles. The molecule has 5 nitrogen and oxygen atoms in total. The third kappa shape index (κ3) is 3.17. The van der Waals surface area contributed by atoms with Gasteiger partial charge in [0.05, 0.1) is 0 Å². The van der Waals surface area contributed by atoms with Crippen LogP contribution in [0, 0.1) is 13.8 Å². The molecular formula is C21H22N2O3. The number of piperidine rings is 1. The lowest BCUT2D eigenvalue weighted by Gasteiger charge is -2.31. The van der Waals surface area contributed by atoms with E-state index in [0.717, 1.165) is 40.7 Å². The zero-order chi connectivity index (χ0) is 18.1. The molecule has 0 radical (unpaired) electrons. The fraction of sp³-hybridized carbons (Fsp3) is 0.333. The highest BCUT2D eigenvalue weighted by atomic mass is 16.5. The number of ether oxygens (including phenoxy) is 1. The van der Waals surface area contributed by atoms with Gasteiger partial charge in [-0.15, -0.1) is 0 Å². The standard InChI is InChI=1S/C21H22N2O3/c1-14-3-4-18-15(2)20(26-19(18)13-14)21(24)23-11-7-17(8-12-23)25-16-5-9-22-10-6-16/h3-6,9-10,13,17H,7-8,11-12H2,1-2H3. The molecule has 0 unspecified atom stereocenters. The van der Waals surface area contributed by atoms with Crippen LogP contribution in [0.15, 0.2) is 47.1 Å². The number of carbonyl (C=O) groups is 1. The van der Waals surface area contributed by atoms with Crippen molar-refractivity contribution in [3.8, 4) is 5.75 Å². The van der Waals surface area contributed by atoms with E-state index in [1.165, 1.54) is 0 Å². The van der Waals surface area contributed by atoms with Gasteiger partial charge in [0.15, 0.2) is 5.76 Å². The molecule has 1 fully saturated rings. The van der Waals surface area contributed by atoms with Gasteiger partial charge in [0.2, 0.25) is 0 Å². The number of benzene rings is 1. The molecule has 4 rings (SSSR count). The van der Waals surface area contributed by atoms with E-state index < -0.39 is 0 Å². The number of furan rings is 1. The Labute approximate surface area is 152 Å². The first-order valence-corrected chi connectivity index (χ1v) is 8.97. The first-order valence-electron chi connectivity index (χ1n) is 8.97. The average Bonchev–Trinajstić information content (AvgIpc) is 2.98. The molecule has 1 saturated heterocycles. The predicted octanol–water partition coefficient (Wildman–Crippen LogP) is 4.13. The number of amides is 1. The molecule has 0 aliphatic carbocycles. The third-order valence-corrected chi connectivity index (χ3v) is 4.97. The molecule has 0 spiro atoms. The molecule has 5 heteroatoms. The van der Waals surface area contributed by atoms with Crippen LogP contribution in [0.2, 0.25) is 0 Å². The maximum atomic E-state index is 12.9. The van der Waals surface area contributed by atoms with Gasteiger partial charge in [0.25, 0.3) is 5.91 Å². The van der Waals surface area contributed by atoms with Crippen molar-refractivity contribution in [1.82, 2.24) is 9.88 Å². The summed E-state index contributed by atoms with van der Waals surface area (Å²) in [7, 11) is 0. The fourth-order valence-corrected chi connectivity index (χ4v) is 3.47. The van der Waals surface area contributed by atoms with E-state index >= 15 is 0 Å². The Morgan fingerprint density at radius 1 is 1.15 bits per heavy atom. The molecule has 1 aliphatic rings. The second-order valence-corrected chi connectivity index (χ2v) is 6.85. The van der Waals surface area contributed by atoms with Crippen molar-refractivity contribution in [2.24, 2.45) is 0 Å². The Kier molecular flexibility index (Phi) is 4.37. The van der Waals surface area contributed by atoms with Gasteiger partial charge in [-0.3, -0.25) is 9.78 Å². The largest absolute Gasteiger partial charge is 0.490 e. The summed E-state index contributed by atoms with van der Waals surface area (Å²) in [5.41, 5.74) is 2.82. The van der Waals surface area contributed by atoms with Crippen molar-refractivity contribution in [2.45, 2.75) is 32.8 Å². The van der Waals surface area contributed by atoms with Crippen LogP contribution in [0.5, 0.6) is 5.75 Å². The number of pyridine rings is 1. The van der Waals surface area contributed by atoms with E-state index in [1.54, 1.807) is 12.4 Å². The Balaban J connectivity index is 1.44. The molecule has 1 aromatic carbocycles. The van der Waals surface area contributed by atoms with Crippen molar-refractivity contribution in [2.75, 3.05) is 13.1 Å². The molecule has 3 heterocycles. The van der Waals surface area contributed by atoms with Crippen molar-refractivity contribution < 1.29 is 13.9 Å². The molecule has 1 aliphatic heterocycles. The quantitative estimate of drug-likeness (QED) is 0.713. The normalized spacial score (nSPS) is 15.4. The second-order valence-electron chi connectivity index (χ2n) is 6.85. The molecule has 2 aromatic heterocycles. The highest BCUT2D eigenvalue weighted by molar-refractivity contribution is 5.99. The molecule has 0 N–H and O–H groups in total. The lowest BCUT2D eigenvalue weighted by Crippen LogP contribution is -2.41. The van der Waals surface area contributed by atoms with E-state index in [2.05, 4.69) is 4.98 Å². The molecule has 1 amide bonds. The maximum absolute atomic E-state index is 12.9. The second kappa shape index (κ2) is 6.83. The smallest absolute Gasteiger partial charge is 0.289 e. The number of hydrogen-bond donors (Lipinski definition) is 0. The Bertz CT molecular complexity index is 925. The predicted molar refractivity (Wildman–Crippen MR) is 99.5 cm³/mol. The summed E-state index contributed by atoms with van der Waals surface area (Å²) < 4.78 is 11.9. The summed E-state index contributed by atoms with van der Waals surface area (Å²) in [5.74, 6) is 1.26. The summed E-state index contributed by atoms with van der Waals surface area (Å²) in [6, 6.07) is 9.76. The van der Waals surface area contributed by atoms with Gasteiger partial charge in [-0.25, -0.2) is 0 Å². The summed E-state index contributed by atoms with van der Waals surface area (Å²) in [6.45, 7) is 5.31. The summed E-state index contributed by atoms with van der Waals surface area (Å²) >= 11 is 0. The minimum atomic E-state index is -0.0290. The van der Waals surface area contributed by atoms with Crippen molar-refractivity contribution in [3.63, 3.8) is 0 Å². The van der Waals surface area contributed by atoms with E-state index in [1.807, 2.05) is 49.1 Å². The zero-order valence-corrected chi connectivity index (χ0v) is 15.1. The first-order chi connectivity index (χ1) is 12.6. The van der Waals surface area contributed by atoms with Crippen LogP contribution in [-0.2, 0) is 0 Å². The van der Waals surface area contributed by atoms with Gasteiger partial charge in [0, 0.05) is 49.3 Å². The number of fused-ring (bicyclic) bond motifs is 1. The van der Waals surface area contributed by atoms with Crippen LogP contribution in [0.4, 0.5) is 0 Å². The molecule has 0 bridgehead atoms.